The molecule has 1 aromatic carbocycles. The Balaban J connectivity index is 1.38. The number of aromatic nitrogens is 4. The Labute approximate surface area is 192 Å². The zero-order valence-electron chi connectivity index (χ0n) is 18.8. The summed E-state index contributed by atoms with van der Waals surface area (Å²) in [5.74, 6) is 6.19. The van der Waals surface area contributed by atoms with Gasteiger partial charge >= 0.3 is 0 Å². The molecule has 2 fully saturated rings. The SMILES string of the molecule is CC#CC(=O)N[C@H]1C[C@@H](n2nc(-c3ccc(OC4CCCCC4)cc3)c3c(N)ncnc32)C1. The molecule has 2 heterocycles. The standard InChI is InChI=1S/C25H28N6O2/c1-2-6-21(32)29-17-13-18(14-17)31-25-22(24(26)27-15-28-25)23(30-31)16-9-11-20(12-10-16)33-19-7-4-3-5-8-19/h9-12,15,17-19H,3-5,7-8,13-14H2,1H3,(H,29,32)(H2,26,27,28)/t17-,18+. The summed E-state index contributed by atoms with van der Waals surface area (Å²) in [7, 11) is 0. The van der Waals surface area contributed by atoms with Gasteiger partial charge in [0, 0.05) is 11.6 Å². The van der Waals surface area contributed by atoms with Gasteiger partial charge in [0.2, 0.25) is 0 Å². The van der Waals surface area contributed by atoms with Crippen molar-refractivity contribution in [3.05, 3.63) is 30.6 Å². The van der Waals surface area contributed by atoms with Crippen LogP contribution in [0.5, 0.6) is 5.75 Å². The highest BCUT2D eigenvalue weighted by Gasteiger charge is 2.34. The third-order valence-electron chi connectivity index (χ3n) is 6.53. The molecule has 0 atom stereocenters. The third-order valence-corrected chi connectivity index (χ3v) is 6.53. The molecule has 1 amide bonds. The van der Waals surface area contributed by atoms with Crippen LogP contribution in [-0.2, 0) is 4.79 Å². The summed E-state index contributed by atoms with van der Waals surface area (Å²) in [6.45, 7) is 1.65. The lowest BCUT2D eigenvalue weighted by Gasteiger charge is -2.35. The monoisotopic (exact) mass is 444 g/mol. The molecule has 2 saturated carbocycles. The number of nitrogen functional groups attached to an aromatic ring is 1. The van der Waals surface area contributed by atoms with E-state index in [1.165, 1.54) is 25.6 Å². The quantitative estimate of drug-likeness (QED) is 0.582. The number of amides is 1. The predicted octanol–water partition coefficient (Wildman–Crippen LogP) is 3.63. The summed E-state index contributed by atoms with van der Waals surface area (Å²) in [6, 6.07) is 8.25. The second kappa shape index (κ2) is 9.10. The summed E-state index contributed by atoms with van der Waals surface area (Å²) in [5, 5.41) is 8.57. The van der Waals surface area contributed by atoms with Gasteiger partial charge in [-0.2, -0.15) is 5.10 Å². The van der Waals surface area contributed by atoms with Crippen molar-refractivity contribution in [1.29, 1.82) is 0 Å². The molecule has 0 radical (unpaired) electrons. The van der Waals surface area contributed by atoms with Gasteiger partial charge in [0.1, 0.15) is 23.6 Å². The van der Waals surface area contributed by atoms with E-state index in [4.69, 9.17) is 15.6 Å². The maximum atomic E-state index is 11.7. The Morgan fingerprint density at radius 2 is 1.91 bits per heavy atom. The molecular weight excluding hydrogens is 416 g/mol. The van der Waals surface area contributed by atoms with Crippen LogP contribution in [-0.4, -0.2) is 37.8 Å². The van der Waals surface area contributed by atoms with E-state index in [-0.39, 0.29) is 18.0 Å². The van der Waals surface area contributed by atoms with Crippen LogP contribution in [0.15, 0.2) is 30.6 Å². The van der Waals surface area contributed by atoms with Gasteiger partial charge in [0.25, 0.3) is 5.91 Å². The van der Waals surface area contributed by atoms with E-state index in [0.29, 0.717) is 17.6 Å². The fourth-order valence-corrected chi connectivity index (χ4v) is 4.76. The van der Waals surface area contributed by atoms with Gasteiger partial charge < -0.3 is 15.8 Å². The molecule has 0 aliphatic heterocycles. The number of nitrogens with two attached hydrogens (primary N) is 1. The lowest BCUT2D eigenvalue weighted by molar-refractivity contribution is -0.117. The fraction of sp³-hybridized carbons (Fsp3) is 0.440. The Kier molecular flexibility index (Phi) is 5.86. The number of nitrogens with one attached hydrogen (secondary N) is 1. The van der Waals surface area contributed by atoms with Gasteiger partial charge in [-0.1, -0.05) is 12.3 Å². The summed E-state index contributed by atoms with van der Waals surface area (Å²) in [5.41, 5.74) is 8.66. The van der Waals surface area contributed by atoms with E-state index in [0.717, 1.165) is 48.1 Å². The van der Waals surface area contributed by atoms with E-state index in [1.807, 2.05) is 28.9 Å². The number of carbonyl (C=O) groups is 1. The van der Waals surface area contributed by atoms with Crippen LogP contribution in [0.2, 0.25) is 0 Å². The van der Waals surface area contributed by atoms with Crippen LogP contribution >= 0.6 is 0 Å². The Morgan fingerprint density at radius 1 is 1.15 bits per heavy atom. The average molecular weight is 445 g/mol. The lowest BCUT2D eigenvalue weighted by Crippen LogP contribution is -2.44. The molecule has 0 bridgehead atoms. The molecule has 170 valence electrons. The van der Waals surface area contributed by atoms with E-state index >= 15 is 0 Å². The fourth-order valence-electron chi connectivity index (χ4n) is 4.76. The molecule has 8 nitrogen and oxygen atoms in total. The second-order valence-electron chi connectivity index (χ2n) is 8.82. The molecule has 0 spiro atoms. The Bertz CT molecular complexity index is 1210. The van der Waals surface area contributed by atoms with Gasteiger partial charge in [-0.3, -0.25) is 4.79 Å². The van der Waals surface area contributed by atoms with Crippen LogP contribution in [0, 0.1) is 11.8 Å². The Morgan fingerprint density at radius 3 is 2.64 bits per heavy atom. The smallest absolute Gasteiger partial charge is 0.296 e. The van der Waals surface area contributed by atoms with Crippen LogP contribution in [0.1, 0.15) is 57.9 Å². The number of anilines is 1. The molecule has 8 heteroatoms. The van der Waals surface area contributed by atoms with Crippen molar-refractivity contribution in [2.75, 3.05) is 5.73 Å². The van der Waals surface area contributed by atoms with Crippen molar-refractivity contribution < 1.29 is 9.53 Å². The van der Waals surface area contributed by atoms with Crippen molar-refractivity contribution in [2.45, 2.75) is 70.1 Å². The summed E-state index contributed by atoms with van der Waals surface area (Å²) < 4.78 is 8.09. The summed E-state index contributed by atoms with van der Waals surface area (Å²) in [4.78, 5) is 20.4. The first-order valence-corrected chi connectivity index (χ1v) is 11.6. The molecule has 0 unspecified atom stereocenters. The van der Waals surface area contributed by atoms with E-state index in [1.54, 1.807) is 6.92 Å². The number of nitrogens with zero attached hydrogens (tertiary/aromatic N) is 4. The minimum atomic E-state index is -0.242. The van der Waals surface area contributed by atoms with Crippen molar-refractivity contribution in [3.8, 4) is 28.8 Å². The molecular formula is C25H28N6O2. The van der Waals surface area contributed by atoms with Gasteiger partial charge in [0.05, 0.1) is 17.5 Å². The second-order valence-corrected chi connectivity index (χ2v) is 8.82. The molecule has 5 rings (SSSR count). The number of fused-ring (bicyclic) bond motifs is 1. The zero-order chi connectivity index (χ0) is 22.8. The number of rotatable bonds is 5. The predicted molar refractivity (Wildman–Crippen MR) is 126 cm³/mol. The maximum Gasteiger partial charge on any atom is 0.296 e. The number of ether oxygens (including phenoxy) is 1. The molecule has 2 aromatic heterocycles. The van der Waals surface area contributed by atoms with Crippen molar-refractivity contribution >= 4 is 22.8 Å². The van der Waals surface area contributed by atoms with Crippen molar-refractivity contribution in [2.24, 2.45) is 0 Å². The maximum absolute atomic E-state index is 11.7. The minimum Gasteiger partial charge on any atom is -0.490 e. The normalized spacial score (nSPS) is 20.5. The highest BCUT2D eigenvalue weighted by Crippen LogP contribution is 2.38. The Hall–Kier alpha value is -3.60. The first-order chi connectivity index (χ1) is 16.1. The highest BCUT2D eigenvalue weighted by molar-refractivity contribution is 5.98. The number of hydrogen-bond acceptors (Lipinski definition) is 6. The van der Waals surface area contributed by atoms with Gasteiger partial charge in [-0.05, 0) is 75.6 Å². The summed E-state index contributed by atoms with van der Waals surface area (Å²) >= 11 is 0. The van der Waals surface area contributed by atoms with Gasteiger partial charge in [-0.25, -0.2) is 14.6 Å². The number of benzene rings is 1. The molecule has 33 heavy (non-hydrogen) atoms. The van der Waals surface area contributed by atoms with E-state index < -0.39 is 0 Å². The largest absolute Gasteiger partial charge is 0.490 e. The molecule has 0 saturated heterocycles. The van der Waals surface area contributed by atoms with Crippen LogP contribution in [0.3, 0.4) is 0 Å². The third kappa shape index (κ3) is 4.36. The van der Waals surface area contributed by atoms with Gasteiger partial charge in [0.15, 0.2) is 5.65 Å². The van der Waals surface area contributed by atoms with Crippen LogP contribution in [0.25, 0.3) is 22.3 Å². The summed E-state index contributed by atoms with van der Waals surface area (Å²) in [6.07, 6.45) is 9.35. The van der Waals surface area contributed by atoms with Crippen molar-refractivity contribution in [3.63, 3.8) is 0 Å². The van der Waals surface area contributed by atoms with E-state index in [9.17, 15) is 4.79 Å². The first kappa shape index (κ1) is 21.3. The topological polar surface area (TPSA) is 108 Å². The molecule has 2 aliphatic carbocycles. The van der Waals surface area contributed by atoms with Gasteiger partial charge in [-0.15, -0.1) is 0 Å². The lowest BCUT2D eigenvalue weighted by atomic mass is 9.87. The average Bonchev–Trinajstić information content (AvgIpc) is 3.18. The van der Waals surface area contributed by atoms with Crippen molar-refractivity contribution in [1.82, 2.24) is 25.1 Å². The molecule has 3 N–H and O–H groups in total. The number of carbonyl (C=O) groups excluding carboxylic acids is 1. The highest BCUT2D eigenvalue weighted by atomic mass is 16.5. The van der Waals surface area contributed by atoms with E-state index in [2.05, 4.69) is 27.1 Å². The number of hydrogen-bond donors (Lipinski definition) is 2. The zero-order valence-corrected chi connectivity index (χ0v) is 18.8. The molecule has 2 aliphatic rings. The van der Waals surface area contributed by atoms with Crippen LogP contribution < -0.4 is 15.8 Å². The molecule has 3 aromatic rings. The van der Waals surface area contributed by atoms with Crippen LogP contribution in [0.4, 0.5) is 5.82 Å². The first-order valence-electron chi connectivity index (χ1n) is 11.6. The minimum absolute atomic E-state index is 0.0847.